The number of benzene rings is 2. The van der Waals surface area contributed by atoms with E-state index < -0.39 is 10.0 Å². The zero-order valence-electron chi connectivity index (χ0n) is 11.3. The van der Waals surface area contributed by atoms with Crippen LogP contribution in [-0.2, 0) is 10.0 Å². The van der Waals surface area contributed by atoms with Crippen molar-refractivity contribution in [2.45, 2.75) is 17.7 Å². The van der Waals surface area contributed by atoms with E-state index >= 15 is 0 Å². The van der Waals surface area contributed by atoms with Gasteiger partial charge in [0.2, 0.25) is 0 Å². The number of ketones is 1. The molecule has 2 aromatic carbocycles. The fourth-order valence-electron chi connectivity index (χ4n) is 2.10. The van der Waals surface area contributed by atoms with Gasteiger partial charge in [0.1, 0.15) is 0 Å². The summed E-state index contributed by atoms with van der Waals surface area (Å²) in [5.41, 5.74) is 1.09. The zero-order valence-corrected chi connectivity index (χ0v) is 12.1. The highest BCUT2D eigenvalue weighted by molar-refractivity contribution is 7.92. The molecule has 0 amide bonds. The van der Waals surface area contributed by atoms with Gasteiger partial charge in [-0.15, -0.1) is 0 Å². The van der Waals surface area contributed by atoms with Crippen LogP contribution in [0.25, 0.3) is 0 Å². The van der Waals surface area contributed by atoms with Crippen LogP contribution in [0.3, 0.4) is 0 Å². The summed E-state index contributed by atoms with van der Waals surface area (Å²) in [4.78, 5) is 12.0. The van der Waals surface area contributed by atoms with Gasteiger partial charge in [-0.3, -0.25) is 9.52 Å². The summed E-state index contributed by atoms with van der Waals surface area (Å²) >= 11 is 0. The van der Waals surface area contributed by atoms with Crippen LogP contribution < -0.4 is 4.72 Å². The molecular formula is C16H15NO3S. The standard InChI is InChI=1S/C16H15NO3S/c18-16(12-6-7-12)13-8-10-15(11-9-13)21(19,20)17-14-4-2-1-3-5-14/h1-5,8-12,17H,6-7H2. The number of para-hydroxylation sites is 1. The number of rotatable bonds is 5. The summed E-state index contributed by atoms with van der Waals surface area (Å²) in [5, 5.41) is 0. The molecule has 1 fully saturated rings. The maximum Gasteiger partial charge on any atom is 0.261 e. The average molecular weight is 301 g/mol. The smallest absolute Gasteiger partial charge is 0.261 e. The molecule has 0 spiro atoms. The molecule has 4 nitrogen and oxygen atoms in total. The van der Waals surface area contributed by atoms with Gasteiger partial charge in [-0.05, 0) is 37.1 Å². The Bertz CT molecular complexity index is 748. The molecule has 0 saturated heterocycles. The molecule has 5 heteroatoms. The Hall–Kier alpha value is -2.14. The molecule has 3 rings (SSSR count). The molecule has 2 aromatic rings. The summed E-state index contributed by atoms with van der Waals surface area (Å²) in [6.45, 7) is 0. The van der Waals surface area contributed by atoms with Crippen LogP contribution in [0, 0.1) is 5.92 Å². The van der Waals surface area contributed by atoms with Crippen LogP contribution >= 0.6 is 0 Å². The van der Waals surface area contributed by atoms with Crippen molar-refractivity contribution >= 4 is 21.5 Å². The second-order valence-electron chi connectivity index (χ2n) is 5.13. The molecule has 0 atom stereocenters. The number of hydrogen-bond donors (Lipinski definition) is 1. The van der Waals surface area contributed by atoms with Gasteiger partial charge in [-0.2, -0.15) is 0 Å². The minimum atomic E-state index is -3.62. The van der Waals surface area contributed by atoms with Crippen LogP contribution in [0.1, 0.15) is 23.2 Å². The second-order valence-corrected chi connectivity index (χ2v) is 6.82. The first-order valence-corrected chi connectivity index (χ1v) is 8.27. The Morgan fingerprint density at radius 1 is 0.952 bits per heavy atom. The highest BCUT2D eigenvalue weighted by Crippen LogP contribution is 2.32. The van der Waals surface area contributed by atoms with Crippen molar-refractivity contribution in [3.05, 3.63) is 60.2 Å². The summed E-state index contributed by atoms with van der Waals surface area (Å²) in [6, 6.07) is 14.8. The number of nitrogens with one attached hydrogen (secondary N) is 1. The second kappa shape index (κ2) is 5.33. The SMILES string of the molecule is O=C(c1ccc(S(=O)(=O)Nc2ccccc2)cc1)C1CC1. The molecule has 1 saturated carbocycles. The monoisotopic (exact) mass is 301 g/mol. The van der Waals surface area contributed by atoms with Crippen molar-refractivity contribution in [3.63, 3.8) is 0 Å². The molecular weight excluding hydrogens is 286 g/mol. The summed E-state index contributed by atoms with van der Waals surface area (Å²) in [5.74, 6) is 0.241. The Labute approximate surface area is 123 Å². The van der Waals surface area contributed by atoms with Crippen LogP contribution in [-0.4, -0.2) is 14.2 Å². The van der Waals surface area contributed by atoms with Gasteiger partial charge < -0.3 is 0 Å². The van der Waals surface area contributed by atoms with E-state index in [1.54, 1.807) is 36.4 Å². The molecule has 0 aromatic heterocycles. The fraction of sp³-hybridized carbons (Fsp3) is 0.188. The molecule has 0 bridgehead atoms. The molecule has 108 valence electrons. The van der Waals surface area contributed by atoms with E-state index in [0.29, 0.717) is 11.3 Å². The first kappa shape index (κ1) is 13.8. The van der Waals surface area contributed by atoms with Crippen molar-refractivity contribution in [1.29, 1.82) is 0 Å². The summed E-state index contributed by atoms with van der Waals surface area (Å²) in [6.07, 6.45) is 1.88. The lowest BCUT2D eigenvalue weighted by Gasteiger charge is -2.08. The van der Waals surface area contributed by atoms with Crippen LogP contribution in [0.2, 0.25) is 0 Å². The van der Waals surface area contributed by atoms with E-state index in [-0.39, 0.29) is 16.6 Å². The highest BCUT2D eigenvalue weighted by atomic mass is 32.2. The fourth-order valence-corrected chi connectivity index (χ4v) is 3.16. The number of anilines is 1. The number of sulfonamides is 1. The highest BCUT2D eigenvalue weighted by Gasteiger charge is 2.30. The zero-order chi connectivity index (χ0) is 14.9. The summed E-state index contributed by atoms with van der Waals surface area (Å²) in [7, 11) is -3.62. The van der Waals surface area contributed by atoms with Gasteiger partial charge in [-0.1, -0.05) is 30.3 Å². The molecule has 0 aliphatic heterocycles. The van der Waals surface area contributed by atoms with Crippen molar-refractivity contribution in [3.8, 4) is 0 Å². The quantitative estimate of drug-likeness (QED) is 0.863. The minimum absolute atomic E-state index is 0.106. The third kappa shape index (κ3) is 3.13. The van der Waals surface area contributed by atoms with Gasteiger partial charge >= 0.3 is 0 Å². The van der Waals surface area contributed by atoms with Crippen molar-refractivity contribution < 1.29 is 13.2 Å². The first-order chi connectivity index (χ1) is 10.1. The van der Waals surface area contributed by atoms with Gasteiger partial charge in [0.25, 0.3) is 10.0 Å². The van der Waals surface area contributed by atoms with Gasteiger partial charge in [0.05, 0.1) is 4.90 Å². The molecule has 0 unspecified atom stereocenters. The lowest BCUT2D eigenvalue weighted by molar-refractivity contribution is 0.0967. The van der Waals surface area contributed by atoms with E-state index in [4.69, 9.17) is 0 Å². The largest absolute Gasteiger partial charge is 0.294 e. The lowest BCUT2D eigenvalue weighted by atomic mass is 10.1. The van der Waals surface area contributed by atoms with Crippen molar-refractivity contribution in [1.82, 2.24) is 0 Å². The molecule has 1 N–H and O–H groups in total. The number of Topliss-reactive ketones (excluding diaryl/α,β-unsaturated/α-hetero) is 1. The molecule has 0 radical (unpaired) electrons. The Morgan fingerprint density at radius 3 is 2.14 bits per heavy atom. The van der Waals surface area contributed by atoms with Gasteiger partial charge in [0, 0.05) is 17.2 Å². The third-order valence-electron chi connectivity index (χ3n) is 3.42. The Balaban J connectivity index is 1.80. The van der Waals surface area contributed by atoms with E-state index in [1.165, 1.54) is 12.1 Å². The lowest BCUT2D eigenvalue weighted by Crippen LogP contribution is -2.13. The average Bonchev–Trinajstić information content (AvgIpc) is 3.32. The molecule has 1 aliphatic rings. The predicted octanol–water partition coefficient (Wildman–Crippen LogP) is 3.08. The number of carbonyl (C=O) groups is 1. The van der Waals surface area contributed by atoms with Crippen LogP contribution in [0.4, 0.5) is 5.69 Å². The van der Waals surface area contributed by atoms with E-state index in [1.807, 2.05) is 6.07 Å². The van der Waals surface area contributed by atoms with Crippen LogP contribution in [0.15, 0.2) is 59.5 Å². The first-order valence-electron chi connectivity index (χ1n) is 6.78. The number of hydrogen-bond acceptors (Lipinski definition) is 3. The molecule has 21 heavy (non-hydrogen) atoms. The molecule has 0 heterocycles. The van der Waals surface area contributed by atoms with E-state index in [2.05, 4.69) is 4.72 Å². The van der Waals surface area contributed by atoms with Gasteiger partial charge in [0.15, 0.2) is 5.78 Å². The van der Waals surface area contributed by atoms with Crippen molar-refractivity contribution in [2.24, 2.45) is 5.92 Å². The minimum Gasteiger partial charge on any atom is -0.294 e. The van der Waals surface area contributed by atoms with Crippen molar-refractivity contribution in [2.75, 3.05) is 4.72 Å². The Morgan fingerprint density at radius 2 is 1.57 bits per heavy atom. The molecule has 1 aliphatic carbocycles. The van der Waals surface area contributed by atoms with Gasteiger partial charge in [-0.25, -0.2) is 8.42 Å². The maximum absolute atomic E-state index is 12.2. The van der Waals surface area contributed by atoms with E-state index in [9.17, 15) is 13.2 Å². The number of carbonyl (C=O) groups excluding carboxylic acids is 1. The topological polar surface area (TPSA) is 63.2 Å². The normalized spacial score (nSPS) is 14.7. The maximum atomic E-state index is 12.2. The van der Waals surface area contributed by atoms with E-state index in [0.717, 1.165) is 12.8 Å². The third-order valence-corrected chi connectivity index (χ3v) is 4.82. The predicted molar refractivity (Wildman–Crippen MR) is 80.7 cm³/mol. The Kier molecular flexibility index (Phi) is 3.51. The van der Waals surface area contributed by atoms with Crippen LogP contribution in [0.5, 0.6) is 0 Å². The summed E-state index contributed by atoms with van der Waals surface area (Å²) < 4.78 is 27.0.